The average molecular weight is 317 g/mol. The van der Waals surface area contributed by atoms with Gasteiger partial charge in [0.05, 0.1) is 13.2 Å². The molecule has 0 N–H and O–H groups in total. The molecule has 1 saturated heterocycles. The first-order valence-corrected chi connectivity index (χ1v) is 11.3. The van der Waals surface area contributed by atoms with Crippen LogP contribution in [0.3, 0.4) is 0 Å². The fourth-order valence-corrected chi connectivity index (χ4v) is 3.47. The molecule has 1 aliphatic heterocycles. The third-order valence-electron chi connectivity index (χ3n) is 5.13. The Bertz CT molecular complexity index is 321. The summed E-state index contributed by atoms with van der Waals surface area (Å²) in [6.45, 7) is 20.1. The van der Waals surface area contributed by atoms with Gasteiger partial charge in [-0.1, -0.05) is 34.1 Å². The number of ether oxygens (including phenoxy) is 2. The van der Waals surface area contributed by atoms with E-state index in [9.17, 15) is 0 Å². The van der Waals surface area contributed by atoms with Gasteiger partial charge in [0.15, 0.2) is 14.1 Å². The van der Waals surface area contributed by atoms with E-state index in [1.54, 1.807) is 0 Å². The van der Waals surface area contributed by atoms with E-state index in [1.807, 2.05) is 13.8 Å². The number of rotatable bonds is 6. The largest absolute Gasteiger partial charge is 0.417 e. The Morgan fingerprint density at radius 3 is 2.00 bits per heavy atom. The van der Waals surface area contributed by atoms with Gasteiger partial charge in [0.25, 0.3) is 0 Å². The van der Waals surface area contributed by atoms with Gasteiger partial charge in [-0.15, -0.1) is 0 Å². The molecule has 0 atom stereocenters. The van der Waals surface area contributed by atoms with Crippen molar-refractivity contribution in [2.75, 3.05) is 19.8 Å². The topological polar surface area (TPSA) is 27.7 Å². The zero-order valence-electron chi connectivity index (χ0n) is 15.5. The zero-order chi connectivity index (χ0) is 16.4. The average Bonchev–Trinajstić information content (AvgIpc) is 2.32. The van der Waals surface area contributed by atoms with Gasteiger partial charge >= 0.3 is 0 Å². The fraction of sp³-hybridized carbons (Fsp3) is 1.00. The minimum absolute atomic E-state index is 0.132. The van der Waals surface area contributed by atoms with Gasteiger partial charge in [-0.05, 0) is 44.8 Å². The summed E-state index contributed by atoms with van der Waals surface area (Å²) in [5.74, 6) is -0.433. The lowest BCUT2D eigenvalue weighted by molar-refractivity contribution is -0.288. The number of hydrogen-bond donors (Lipinski definition) is 0. The molecule has 1 fully saturated rings. The maximum absolute atomic E-state index is 6.35. The molecule has 1 rings (SSSR count). The zero-order valence-corrected chi connectivity index (χ0v) is 16.5. The van der Waals surface area contributed by atoms with Gasteiger partial charge in [0.2, 0.25) is 0 Å². The maximum atomic E-state index is 6.35. The monoisotopic (exact) mass is 316 g/mol. The van der Waals surface area contributed by atoms with Crippen LogP contribution in [0.5, 0.6) is 0 Å². The maximum Gasteiger partial charge on any atom is 0.191 e. The summed E-state index contributed by atoms with van der Waals surface area (Å²) in [5, 5.41) is 0.270. The van der Waals surface area contributed by atoms with Gasteiger partial charge in [-0.2, -0.15) is 0 Å². The lowest BCUT2D eigenvalue weighted by Gasteiger charge is -2.44. The molecule has 0 aromatic heterocycles. The molecule has 0 aromatic carbocycles. The van der Waals surface area contributed by atoms with E-state index in [0.717, 1.165) is 39.1 Å². The molecule has 0 unspecified atom stereocenters. The molecule has 3 nitrogen and oxygen atoms in total. The molecular formula is C17H36O3Si. The Hall–Kier alpha value is 0.0969. The van der Waals surface area contributed by atoms with Crippen LogP contribution < -0.4 is 0 Å². The molecule has 0 spiro atoms. The molecule has 0 bridgehead atoms. The molecule has 21 heavy (non-hydrogen) atoms. The summed E-state index contributed by atoms with van der Waals surface area (Å²) in [7, 11) is -1.66. The summed E-state index contributed by atoms with van der Waals surface area (Å²) in [4.78, 5) is 0. The molecule has 0 aromatic rings. The highest BCUT2D eigenvalue weighted by Gasteiger charge is 2.41. The third-order valence-corrected chi connectivity index (χ3v) is 9.67. The van der Waals surface area contributed by atoms with E-state index in [4.69, 9.17) is 13.9 Å². The lowest BCUT2D eigenvalue weighted by atomic mass is 9.81. The molecular weight excluding hydrogens is 280 g/mol. The highest BCUT2D eigenvalue weighted by molar-refractivity contribution is 6.74. The van der Waals surface area contributed by atoms with Crippen molar-refractivity contribution >= 4 is 8.32 Å². The van der Waals surface area contributed by atoms with Gasteiger partial charge in [0.1, 0.15) is 0 Å². The first kappa shape index (κ1) is 19.1. The Morgan fingerprint density at radius 1 is 1.05 bits per heavy atom. The van der Waals surface area contributed by atoms with Crippen LogP contribution in [0, 0.1) is 5.41 Å². The lowest BCUT2D eigenvalue weighted by Crippen LogP contribution is -2.48. The fourth-order valence-electron chi connectivity index (χ4n) is 2.42. The minimum Gasteiger partial charge on any atom is -0.417 e. The standard InChI is InChI=1S/C17H36O3Si/c1-9-10-17(13-18-16(5,6)19-14-17)11-12-20-21(7,8)15(2,3)4/h9-14H2,1-8H3. The molecule has 1 aliphatic rings. The second-order valence-electron chi connectivity index (χ2n) is 8.59. The van der Waals surface area contributed by atoms with Crippen LogP contribution in [0.25, 0.3) is 0 Å². The van der Waals surface area contributed by atoms with Crippen LogP contribution in [0.2, 0.25) is 18.1 Å². The summed E-state index contributed by atoms with van der Waals surface area (Å²) in [6.07, 6.45) is 3.33. The molecule has 0 amide bonds. The van der Waals surface area contributed by atoms with E-state index in [2.05, 4.69) is 40.8 Å². The van der Waals surface area contributed by atoms with Crippen LogP contribution in [0.15, 0.2) is 0 Å². The first-order chi connectivity index (χ1) is 9.43. The van der Waals surface area contributed by atoms with E-state index < -0.39 is 14.1 Å². The Balaban J connectivity index is 2.57. The van der Waals surface area contributed by atoms with Crippen molar-refractivity contribution in [1.82, 2.24) is 0 Å². The quantitative estimate of drug-likeness (QED) is 0.648. The van der Waals surface area contributed by atoms with E-state index in [1.165, 1.54) is 0 Å². The summed E-state index contributed by atoms with van der Waals surface area (Å²) in [5.41, 5.74) is 0.132. The minimum atomic E-state index is -1.66. The van der Waals surface area contributed by atoms with Crippen LogP contribution >= 0.6 is 0 Å². The smallest absolute Gasteiger partial charge is 0.191 e. The third kappa shape index (κ3) is 5.34. The van der Waals surface area contributed by atoms with Crippen molar-refractivity contribution in [2.24, 2.45) is 5.41 Å². The van der Waals surface area contributed by atoms with Crippen LogP contribution in [0.4, 0.5) is 0 Å². The second kappa shape index (κ2) is 6.69. The predicted octanol–water partition coefficient (Wildman–Crippen LogP) is 4.97. The van der Waals surface area contributed by atoms with Crippen LogP contribution in [0.1, 0.15) is 60.8 Å². The predicted molar refractivity (Wildman–Crippen MR) is 91.1 cm³/mol. The highest BCUT2D eigenvalue weighted by Crippen LogP contribution is 2.39. The molecule has 126 valence electrons. The van der Waals surface area contributed by atoms with Crippen LogP contribution in [-0.4, -0.2) is 33.9 Å². The van der Waals surface area contributed by atoms with Crippen molar-refractivity contribution < 1.29 is 13.9 Å². The summed E-state index contributed by atoms with van der Waals surface area (Å²) in [6, 6.07) is 0. The summed E-state index contributed by atoms with van der Waals surface area (Å²) < 4.78 is 18.2. The van der Waals surface area contributed by atoms with E-state index in [0.29, 0.717) is 0 Å². The Kier molecular flexibility index (Phi) is 6.10. The molecule has 0 radical (unpaired) electrons. The van der Waals surface area contributed by atoms with E-state index in [-0.39, 0.29) is 10.5 Å². The van der Waals surface area contributed by atoms with Crippen molar-refractivity contribution in [3.8, 4) is 0 Å². The van der Waals surface area contributed by atoms with Gasteiger partial charge in [-0.3, -0.25) is 0 Å². The van der Waals surface area contributed by atoms with Crippen LogP contribution in [-0.2, 0) is 13.9 Å². The van der Waals surface area contributed by atoms with Gasteiger partial charge in [0, 0.05) is 12.0 Å². The normalized spacial score (nSPS) is 22.3. The number of hydrogen-bond acceptors (Lipinski definition) is 3. The Morgan fingerprint density at radius 2 is 1.57 bits per heavy atom. The summed E-state index contributed by atoms with van der Waals surface area (Å²) >= 11 is 0. The second-order valence-corrected chi connectivity index (χ2v) is 13.4. The van der Waals surface area contributed by atoms with Gasteiger partial charge in [-0.25, -0.2) is 0 Å². The Labute approximate surface area is 132 Å². The van der Waals surface area contributed by atoms with E-state index >= 15 is 0 Å². The van der Waals surface area contributed by atoms with Crippen molar-refractivity contribution in [2.45, 2.75) is 84.7 Å². The van der Waals surface area contributed by atoms with Crippen molar-refractivity contribution in [1.29, 1.82) is 0 Å². The van der Waals surface area contributed by atoms with Gasteiger partial charge < -0.3 is 13.9 Å². The molecule has 0 saturated carbocycles. The van der Waals surface area contributed by atoms with Crippen molar-refractivity contribution in [3.63, 3.8) is 0 Å². The molecule has 1 heterocycles. The molecule has 0 aliphatic carbocycles. The first-order valence-electron chi connectivity index (χ1n) is 8.35. The highest BCUT2D eigenvalue weighted by atomic mass is 28.4. The SMILES string of the molecule is CCCC1(CCO[Si](C)(C)C(C)(C)C)COC(C)(C)OC1. The molecule has 4 heteroatoms. The van der Waals surface area contributed by atoms with Crippen molar-refractivity contribution in [3.05, 3.63) is 0 Å².